The molecule has 0 aliphatic heterocycles. The largest absolute Gasteiger partial charge is 0.341 e. The van der Waals surface area contributed by atoms with E-state index < -0.39 is 0 Å². The van der Waals surface area contributed by atoms with Crippen molar-refractivity contribution in [3.63, 3.8) is 0 Å². The van der Waals surface area contributed by atoms with E-state index in [2.05, 4.69) is 12.6 Å². The van der Waals surface area contributed by atoms with E-state index in [0.717, 1.165) is 22.6 Å². The second kappa shape index (κ2) is 6.09. The fraction of sp³-hybridized carbons (Fsp3) is 0.250. The van der Waals surface area contributed by atoms with E-state index in [4.69, 9.17) is 0 Å². The Morgan fingerprint density at radius 1 is 1.30 bits per heavy atom. The van der Waals surface area contributed by atoms with Crippen molar-refractivity contribution < 1.29 is 9.59 Å². The molecule has 0 aliphatic rings. The Balaban J connectivity index is 2.68. The van der Waals surface area contributed by atoms with Gasteiger partial charge in [-0.2, -0.15) is 12.6 Å². The van der Waals surface area contributed by atoms with Crippen molar-refractivity contribution in [2.45, 2.75) is 6.92 Å². The third kappa shape index (κ3) is 2.56. The van der Waals surface area contributed by atoms with Crippen LogP contribution < -0.4 is 0 Å². The maximum atomic E-state index is 12.5. The molecule has 4 heteroatoms. The van der Waals surface area contributed by atoms with Crippen molar-refractivity contribution in [1.29, 1.82) is 0 Å². The Morgan fingerprint density at radius 3 is 2.70 bits per heavy atom. The SMILES string of the molecule is Cc1ccc(C(=O)N(C)CCS)c2c(C=O)cccc12. The van der Waals surface area contributed by atoms with Gasteiger partial charge in [0.1, 0.15) is 0 Å². The second-order valence-corrected chi connectivity index (χ2v) is 5.22. The lowest BCUT2D eigenvalue weighted by Crippen LogP contribution is -2.28. The number of hydrogen-bond donors (Lipinski definition) is 1. The summed E-state index contributed by atoms with van der Waals surface area (Å²) in [7, 11) is 1.74. The van der Waals surface area contributed by atoms with Crippen LogP contribution in [0.4, 0.5) is 0 Å². The number of hydrogen-bond acceptors (Lipinski definition) is 3. The first-order valence-electron chi connectivity index (χ1n) is 6.44. The molecule has 2 aromatic rings. The molecule has 20 heavy (non-hydrogen) atoms. The molecule has 0 N–H and O–H groups in total. The average Bonchev–Trinajstić information content (AvgIpc) is 2.47. The molecule has 0 bridgehead atoms. The van der Waals surface area contributed by atoms with E-state index >= 15 is 0 Å². The van der Waals surface area contributed by atoms with Crippen LogP contribution in [0.15, 0.2) is 30.3 Å². The van der Waals surface area contributed by atoms with Crippen LogP contribution in [0.2, 0.25) is 0 Å². The van der Waals surface area contributed by atoms with Crippen molar-refractivity contribution in [2.75, 3.05) is 19.3 Å². The molecule has 0 saturated carbocycles. The number of thiol groups is 1. The number of aryl methyl sites for hydroxylation is 1. The summed E-state index contributed by atoms with van der Waals surface area (Å²) in [4.78, 5) is 25.4. The van der Waals surface area contributed by atoms with Gasteiger partial charge in [-0.15, -0.1) is 0 Å². The first-order chi connectivity index (χ1) is 9.60. The lowest BCUT2D eigenvalue weighted by molar-refractivity contribution is 0.0805. The Labute approximate surface area is 124 Å². The first-order valence-corrected chi connectivity index (χ1v) is 7.07. The van der Waals surface area contributed by atoms with Crippen LogP contribution in [0, 0.1) is 6.92 Å². The van der Waals surface area contributed by atoms with Gasteiger partial charge in [0, 0.05) is 35.9 Å². The number of amides is 1. The third-order valence-corrected chi connectivity index (χ3v) is 3.63. The Hall–Kier alpha value is -1.81. The summed E-state index contributed by atoms with van der Waals surface area (Å²) in [6, 6.07) is 9.22. The Morgan fingerprint density at radius 2 is 2.05 bits per heavy atom. The van der Waals surface area contributed by atoms with Crippen LogP contribution in [0.5, 0.6) is 0 Å². The second-order valence-electron chi connectivity index (χ2n) is 4.77. The molecule has 3 nitrogen and oxygen atoms in total. The van der Waals surface area contributed by atoms with Crippen LogP contribution in [-0.4, -0.2) is 36.4 Å². The van der Waals surface area contributed by atoms with E-state index in [1.165, 1.54) is 0 Å². The van der Waals surface area contributed by atoms with E-state index in [1.807, 2.05) is 25.1 Å². The number of fused-ring (bicyclic) bond motifs is 1. The van der Waals surface area contributed by atoms with Crippen molar-refractivity contribution >= 4 is 35.6 Å². The lowest BCUT2D eigenvalue weighted by atomic mass is 9.96. The number of carbonyl (C=O) groups excluding carboxylic acids is 2. The van der Waals surface area contributed by atoms with E-state index in [1.54, 1.807) is 24.1 Å². The molecular weight excluding hydrogens is 270 g/mol. The average molecular weight is 287 g/mol. The van der Waals surface area contributed by atoms with E-state index in [-0.39, 0.29) is 5.91 Å². The molecule has 0 heterocycles. The van der Waals surface area contributed by atoms with Gasteiger partial charge in [0.25, 0.3) is 5.91 Å². The van der Waals surface area contributed by atoms with Crippen molar-refractivity contribution in [3.05, 3.63) is 47.0 Å². The zero-order valence-electron chi connectivity index (χ0n) is 11.6. The van der Waals surface area contributed by atoms with Crippen molar-refractivity contribution in [3.8, 4) is 0 Å². The fourth-order valence-electron chi connectivity index (χ4n) is 2.31. The van der Waals surface area contributed by atoms with Crippen LogP contribution >= 0.6 is 12.6 Å². The molecule has 0 radical (unpaired) electrons. The minimum absolute atomic E-state index is 0.0849. The van der Waals surface area contributed by atoms with Gasteiger partial charge in [-0.3, -0.25) is 9.59 Å². The number of benzene rings is 2. The van der Waals surface area contributed by atoms with Crippen LogP contribution in [0.1, 0.15) is 26.3 Å². The van der Waals surface area contributed by atoms with Gasteiger partial charge in [0.2, 0.25) is 0 Å². The molecule has 0 saturated heterocycles. The molecule has 2 rings (SSSR count). The van der Waals surface area contributed by atoms with Gasteiger partial charge in [-0.25, -0.2) is 0 Å². The third-order valence-electron chi connectivity index (χ3n) is 3.43. The van der Waals surface area contributed by atoms with Crippen molar-refractivity contribution in [2.24, 2.45) is 0 Å². The summed E-state index contributed by atoms with van der Waals surface area (Å²) in [6.07, 6.45) is 0.803. The highest BCUT2D eigenvalue weighted by molar-refractivity contribution is 7.80. The molecule has 0 aromatic heterocycles. The van der Waals surface area contributed by atoms with Gasteiger partial charge in [0.05, 0.1) is 0 Å². The van der Waals surface area contributed by atoms with Crippen LogP contribution in [0.3, 0.4) is 0 Å². The number of rotatable bonds is 4. The normalized spacial score (nSPS) is 10.6. The van der Waals surface area contributed by atoms with Gasteiger partial charge in [-0.1, -0.05) is 24.3 Å². The van der Waals surface area contributed by atoms with Gasteiger partial charge in [-0.05, 0) is 23.9 Å². The Bertz CT molecular complexity index is 667. The van der Waals surface area contributed by atoms with Crippen molar-refractivity contribution in [1.82, 2.24) is 4.90 Å². The first kappa shape index (κ1) is 14.6. The number of carbonyl (C=O) groups is 2. The highest BCUT2D eigenvalue weighted by Crippen LogP contribution is 2.26. The zero-order valence-corrected chi connectivity index (χ0v) is 12.5. The maximum Gasteiger partial charge on any atom is 0.254 e. The summed E-state index contributed by atoms with van der Waals surface area (Å²) < 4.78 is 0. The molecule has 0 fully saturated rings. The van der Waals surface area contributed by atoms with Gasteiger partial charge in [0.15, 0.2) is 6.29 Å². The minimum atomic E-state index is -0.0849. The van der Waals surface area contributed by atoms with Gasteiger partial charge < -0.3 is 4.90 Å². The molecule has 0 spiro atoms. The monoisotopic (exact) mass is 287 g/mol. The Kier molecular flexibility index (Phi) is 4.45. The molecule has 2 aromatic carbocycles. The summed E-state index contributed by atoms with van der Waals surface area (Å²) in [5, 5.41) is 1.68. The van der Waals surface area contributed by atoms with Crippen LogP contribution in [0.25, 0.3) is 10.8 Å². The maximum absolute atomic E-state index is 12.5. The molecule has 0 aliphatic carbocycles. The quantitative estimate of drug-likeness (QED) is 0.693. The topological polar surface area (TPSA) is 37.4 Å². The number of nitrogens with zero attached hydrogens (tertiary/aromatic N) is 1. The molecule has 104 valence electrons. The predicted molar refractivity (Wildman–Crippen MR) is 84.9 cm³/mol. The molecule has 0 unspecified atom stereocenters. The molecular formula is C16H17NO2S. The molecule has 1 amide bonds. The standard InChI is InChI=1S/C16H17NO2S/c1-11-6-7-14(16(19)17(2)8-9-20)15-12(10-18)4-3-5-13(11)15/h3-7,10,20H,8-9H2,1-2H3. The number of aldehydes is 1. The summed E-state index contributed by atoms with van der Waals surface area (Å²) in [6.45, 7) is 2.54. The zero-order chi connectivity index (χ0) is 14.7. The predicted octanol–water partition coefficient (Wildman–Crippen LogP) is 2.96. The summed E-state index contributed by atoms with van der Waals surface area (Å²) in [5.41, 5.74) is 2.17. The van der Waals surface area contributed by atoms with Crippen LogP contribution in [-0.2, 0) is 0 Å². The lowest BCUT2D eigenvalue weighted by Gasteiger charge is -2.18. The minimum Gasteiger partial charge on any atom is -0.341 e. The molecule has 0 atom stereocenters. The summed E-state index contributed by atoms with van der Waals surface area (Å²) in [5.74, 6) is 0.519. The highest BCUT2D eigenvalue weighted by Gasteiger charge is 2.17. The smallest absolute Gasteiger partial charge is 0.254 e. The van der Waals surface area contributed by atoms with Gasteiger partial charge >= 0.3 is 0 Å². The fourth-order valence-corrected chi connectivity index (χ4v) is 2.61. The van der Waals surface area contributed by atoms with E-state index in [0.29, 0.717) is 23.4 Å². The highest BCUT2D eigenvalue weighted by atomic mass is 32.1. The summed E-state index contributed by atoms with van der Waals surface area (Å²) >= 11 is 4.15. The van der Waals surface area contributed by atoms with E-state index in [9.17, 15) is 9.59 Å².